The molecule has 0 bridgehead atoms. The molecule has 0 saturated carbocycles. The zero-order valence-corrected chi connectivity index (χ0v) is 9.84. The fourth-order valence-corrected chi connectivity index (χ4v) is 0.854. The third-order valence-electron chi connectivity index (χ3n) is 1.60. The monoisotopic (exact) mass is 200 g/mol. The largest absolute Gasteiger partial charge is 0.500 e. The van der Waals surface area contributed by atoms with Gasteiger partial charge in [0, 0.05) is 11.1 Å². The van der Waals surface area contributed by atoms with Crippen molar-refractivity contribution in [3.05, 3.63) is 12.3 Å². The van der Waals surface area contributed by atoms with Gasteiger partial charge in [0.05, 0.1) is 6.26 Å². The summed E-state index contributed by atoms with van der Waals surface area (Å²) in [5.74, 6) is 0. The molecule has 0 amide bonds. The Morgan fingerprint density at radius 1 is 1.07 bits per heavy atom. The van der Waals surface area contributed by atoms with Crippen LogP contribution in [0.25, 0.3) is 0 Å². The Morgan fingerprint density at radius 2 is 1.64 bits per heavy atom. The van der Waals surface area contributed by atoms with Crippen LogP contribution in [0, 0.1) is 0 Å². The molecule has 0 aromatic heterocycles. The Morgan fingerprint density at radius 3 is 2.07 bits per heavy atom. The lowest BCUT2D eigenvalue weighted by atomic mass is 10.0. The van der Waals surface area contributed by atoms with E-state index in [9.17, 15) is 0 Å². The summed E-state index contributed by atoms with van der Waals surface area (Å²) in [5, 5.41) is 0. The van der Waals surface area contributed by atoms with E-state index in [0.29, 0.717) is 6.61 Å². The third-order valence-corrected chi connectivity index (χ3v) is 1.60. The van der Waals surface area contributed by atoms with E-state index >= 15 is 0 Å². The molecule has 0 aliphatic heterocycles. The molecular formula is C11H24N2O. The lowest BCUT2D eigenvalue weighted by molar-refractivity contribution is 0.189. The summed E-state index contributed by atoms with van der Waals surface area (Å²) in [4.78, 5) is 0. The smallest absolute Gasteiger partial charge is 0.105 e. The van der Waals surface area contributed by atoms with Crippen molar-refractivity contribution in [2.75, 3.05) is 6.61 Å². The van der Waals surface area contributed by atoms with E-state index < -0.39 is 0 Å². The van der Waals surface area contributed by atoms with E-state index in [1.54, 1.807) is 6.26 Å². The zero-order valence-electron chi connectivity index (χ0n) is 9.84. The van der Waals surface area contributed by atoms with Gasteiger partial charge in [-0.3, -0.25) is 0 Å². The first-order valence-corrected chi connectivity index (χ1v) is 5.05. The van der Waals surface area contributed by atoms with Gasteiger partial charge in [-0.2, -0.15) is 0 Å². The molecule has 3 nitrogen and oxygen atoms in total. The molecular weight excluding hydrogens is 176 g/mol. The van der Waals surface area contributed by atoms with Gasteiger partial charge in [-0.25, -0.2) is 0 Å². The van der Waals surface area contributed by atoms with Crippen LogP contribution in [0.15, 0.2) is 12.3 Å². The predicted octanol–water partition coefficient (Wildman–Crippen LogP) is 1.77. The minimum atomic E-state index is -0.266. The number of nitrogens with two attached hydrogens (primary N) is 2. The Kier molecular flexibility index (Phi) is 5.16. The van der Waals surface area contributed by atoms with Gasteiger partial charge in [-0.05, 0) is 46.6 Å². The summed E-state index contributed by atoms with van der Waals surface area (Å²) in [6.07, 6.45) is 5.59. The second-order valence-electron chi connectivity index (χ2n) is 5.20. The summed E-state index contributed by atoms with van der Waals surface area (Å²) in [7, 11) is 0. The number of allylic oxidation sites excluding steroid dienone is 1. The van der Waals surface area contributed by atoms with Crippen molar-refractivity contribution < 1.29 is 4.74 Å². The van der Waals surface area contributed by atoms with Crippen molar-refractivity contribution in [3.63, 3.8) is 0 Å². The van der Waals surface area contributed by atoms with Gasteiger partial charge >= 0.3 is 0 Å². The number of hydrogen-bond donors (Lipinski definition) is 2. The van der Waals surface area contributed by atoms with Crippen LogP contribution < -0.4 is 11.5 Å². The fourth-order valence-electron chi connectivity index (χ4n) is 0.854. The van der Waals surface area contributed by atoms with E-state index in [1.165, 1.54) is 0 Å². The molecule has 0 heterocycles. The highest BCUT2D eigenvalue weighted by molar-refractivity contribution is 4.81. The number of rotatable bonds is 6. The van der Waals surface area contributed by atoms with Crippen LogP contribution in [-0.2, 0) is 4.74 Å². The first kappa shape index (κ1) is 13.5. The predicted molar refractivity (Wildman–Crippen MR) is 60.9 cm³/mol. The van der Waals surface area contributed by atoms with Gasteiger partial charge in [-0.1, -0.05) is 0 Å². The highest BCUT2D eigenvalue weighted by Crippen LogP contribution is 2.07. The van der Waals surface area contributed by atoms with Crippen LogP contribution >= 0.6 is 0 Å². The normalized spacial score (nSPS) is 13.6. The van der Waals surface area contributed by atoms with Gasteiger partial charge in [0.25, 0.3) is 0 Å². The molecule has 0 spiro atoms. The zero-order chi connectivity index (χ0) is 11.2. The van der Waals surface area contributed by atoms with E-state index in [2.05, 4.69) is 0 Å². The molecule has 4 N–H and O–H groups in total. The average molecular weight is 200 g/mol. The van der Waals surface area contributed by atoms with Crippen LogP contribution in [0.4, 0.5) is 0 Å². The number of ether oxygens (including phenoxy) is 1. The van der Waals surface area contributed by atoms with Crippen molar-refractivity contribution in [1.29, 1.82) is 0 Å². The second kappa shape index (κ2) is 5.37. The molecule has 0 fully saturated rings. The van der Waals surface area contributed by atoms with E-state index in [4.69, 9.17) is 16.2 Å². The van der Waals surface area contributed by atoms with Crippen LogP contribution in [0.1, 0.15) is 40.5 Å². The van der Waals surface area contributed by atoms with Gasteiger partial charge in [-0.15, -0.1) is 0 Å². The second-order valence-corrected chi connectivity index (χ2v) is 5.20. The first-order chi connectivity index (χ1) is 6.21. The van der Waals surface area contributed by atoms with Crippen LogP contribution in [0.2, 0.25) is 0 Å². The summed E-state index contributed by atoms with van der Waals surface area (Å²) in [6.45, 7) is 8.44. The average Bonchev–Trinajstić information content (AvgIpc) is 1.92. The molecule has 3 heteroatoms. The molecule has 0 atom stereocenters. The molecule has 0 aliphatic carbocycles. The molecule has 0 aromatic rings. The van der Waals surface area contributed by atoms with Crippen molar-refractivity contribution in [2.45, 2.75) is 51.6 Å². The SMILES string of the molecule is CC(C)(N)CC/C=C/OCC(C)(C)N. The molecule has 0 radical (unpaired) electrons. The van der Waals surface area contributed by atoms with E-state index in [-0.39, 0.29) is 11.1 Å². The molecule has 14 heavy (non-hydrogen) atoms. The van der Waals surface area contributed by atoms with Crippen molar-refractivity contribution in [2.24, 2.45) is 11.5 Å². The van der Waals surface area contributed by atoms with E-state index in [0.717, 1.165) is 12.8 Å². The van der Waals surface area contributed by atoms with E-state index in [1.807, 2.05) is 33.8 Å². The van der Waals surface area contributed by atoms with Crippen molar-refractivity contribution in [3.8, 4) is 0 Å². The highest BCUT2D eigenvalue weighted by atomic mass is 16.5. The highest BCUT2D eigenvalue weighted by Gasteiger charge is 2.10. The lowest BCUT2D eigenvalue weighted by Crippen LogP contribution is -2.36. The molecule has 84 valence electrons. The molecule has 0 rings (SSSR count). The number of hydrogen-bond acceptors (Lipinski definition) is 3. The molecule has 0 saturated heterocycles. The molecule has 0 aromatic carbocycles. The Hall–Kier alpha value is -0.540. The van der Waals surface area contributed by atoms with Crippen molar-refractivity contribution in [1.82, 2.24) is 0 Å². The van der Waals surface area contributed by atoms with Gasteiger partial charge in [0.15, 0.2) is 0 Å². The molecule has 0 unspecified atom stereocenters. The minimum absolute atomic E-state index is 0.0997. The maximum atomic E-state index is 5.82. The molecule has 0 aliphatic rings. The quantitative estimate of drug-likeness (QED) is 0.642. The standard InChI is InChI=1S/C11H24N2O/c1-10(2,12)7-5-6-8-14-9-11(3,4)13/h6,8H,5,7,9,12-13H2,1-4H3/b8-6+. The lowest BCUT2D eigenvalue weighted by Gasteiger charge is -2.17. The van der Waals surface area contributed by atoms with Crippen LogP contribution in [0.5, 0.6) is 0 Å². The Bertz CT molecular complexity index is 155. The summed E-state index contributed by atoms with van der Waals surface area (Å²) in [6, 6.07) is 0. The maximum absolute atomic E-state index is 5.82. The summed E-state index contributed by atoms with van der Waals surface area (Å²) < 4.78 is 5.27. The van der Waals surface area contributed by atoms with Gasteiger partial charge < -0.3 is 16.2 Å². The summed E-state index contributed by atoms with van der Waals surface area (Å²) in [5.41, 5.74) is 11.2. The Labute approximate surface area is 87.5 Å². The first-order valence-electron chi connectivity index (χ1n) is 5.05. The van der Waals surface area contributed by atoms with Crippen LogP contribution in [0.3, 0.4) is 0 Å². The van der Waals surface area contributed by atoms with Crippen LogP contribution in [-0.4, -0.2) is 17.7 Å². The van der Waals surface area contributed by atoms with Gasteiger partial charge in [0.1, 0.15) is 6.61 Å². The fraction of sp³-hybridized carbons (Fsp3) is 0.818. The van der Waals surface area contributed by atoms with Gasteiger partial charge in [0.2, 0.25) is 0 Å². The topological polar surface area (TPSA) is 61.3 Å². The minimum Gasteiger partial charge on any atom is -0.500 e. The third kappa shape index (κ3) is 11.5. The summed E-state index contributed by atoms with van der Waals surface area (Å²) >= 11 is 0. The van der Waals surface area contributed by atoms with Crippen molar-refractivity contribution >= 4 is 0 Å². The Balaban J connectivity index is 3.47. The maximum Gasteiger partial charge on any atom is 0.105 e.